The van der Waals surface area contributed by atoms with Gasteiger partial charge in [-0.25, -0.2) is 4.98 Å². The molecule has 1 aliphatic heterocycles. The maximum Gasteiger partial charge on any atom is 0.232 e. The lowest BCUT2D eigenvalue weighted by molar-refractivity contribution is -0.130. The number of nitrogens with zero attached hydrogens (tertiary/aromatic N) is 3. The van der Waals surface area contributed by atoms with Gasteiger partial charge in [0.25, 0.3) is 0 Å². The number of rotatable bonds is 5. The first-order chi connectivity index (χ1) is 11.7. The number of thioether (sulfide) groups is 1. The maximum atomic E-state index is 12.4. The summed E-state index contributed by atoms with van der Waals surface area (Å²) in [6, 6.07) is 5.39. The molecule has 128 valence electrons. The zero-order chi connectivity index (χ0) is 16.8. The fraction of sp³-hybridized carbons (Fsp3) is 0.611. The van der Waals surface area contributed by atoms with Gasteiger partial charge in [-0.3, -0.25) is 4.79 Å². The van der Waals surface area contributed by atoms with Crippen LogP contribution >= 0.6 is 11.8 Å². The van der Waals surface area contributed by atoms with Crippen molar-refractivity contribution in [2.45, 2.75) is 49.9 Å². The number of likely N-dealkylation sites (tertiary alicyclic amines) is 1. The number of carbonyl (C=O) groups is 1. The van der Waals surface area contributed by atoms with Crippen LogP contribution in [0.25, 0.3) is 0 Å². The molecule has 1 aliphatic carbocycles. The minimum Gasteiger partial charge on any atom is -0.472 e. The summed E-state index contributed by atoms with van der Waals surface area (Å²) in [5.41, 5.74) is 0.539. The monoisotopic (exact) mass is 345 g/mol. The van der Waals surface area contributed by atoms with Crippen LogP contribution < -0.4 is 4.74 Å². The Hall–Kier alpha value is -1.74. The van der Waals surface area contributed by atoms with E-state index in [1.54, 1.807) is 18.3 Å². The third kappa shape index (κ3) is 4.64. The number of hydrogen-bond donors (Lipinski definition) is 0. The first-order valence-electron chi connectivity index (χ1n) is 8.67. The number of pyridine rings is 1. The van der Waals surface area contributed by atoms with Gasteiger partial charge in [-0.15, -0.1) is 11.8 Å². The van der Waals surface area contributed by atoms with Gasteiger partial charge in [0.05, 0.1) is 23.9 Å². The van der Waals surface area contributed by atoms with E-state index in [2.05, 4.69) is 11.1 Å². The van der Waals surface area contributed by atoms with E-state index in [0.717, 1.165) is 19.4 Å². The minimum atomic E-state index is -0.0411. The van der Waals surface area contributed by atoms with E-state index in [1.807, 2.05) is 16.7 Å². The van der Waals surface area contributed by atoms with Crippen LogP contribution in [0.15, 0.2) is 18.3 Å². The molecule has 0 spiro atoms. The summed E-state index contributed by atoms with van der Waals surface area (Å²) in [6.07, 6.45) is 8.52. The summed E-state index contributed by atoms with van der Waals surface area (Å²) >= 11 is 1.82. The van der Waals surface area contributed by atoms with E-state index in [0.29, 0.717) is 29.0 Å². The minimum absolute atomic E-state index is 0.0411. The van der Waals surface area contributed by atoms with E-state index in [1.165, 1.54) is 25.7 Å². The Balaban J connectivity index is 1.49. The second kappa shape index (κ2) is 8.39. The van der Waals surface area contributed by atoms with Gasteiger partial charge in [-0.2, -0.15) is 5.26 Å². The Bertz CT molecular complexity index is 611. The molecular weight excluding hydrogens is 322 g/mol. The number of hydrogen-bond acceptors (Lipinski definition) is 5. The van der Waals surface area contributed by atoms with Crippen molar-refractivity contribution in [1.29, 1.82) is 5.26 Å². The van der Waals surface area contributed by atoms with Crippen LogP contribution in [0.1, 0.15) is 44.1 Å². The molecular formula is C18H23N3O2S. The highest BCUT2D eigenvalue weighted by Gasteiger charge is 2.26. The second-order valence-corrected chi connectivity index (χ2v) is 7.72. The lowest BCUT2D eigenvalue weighted by Gasteiger charge is -2.32. The highest BCUT2D eigenvalue weighted by Crippen LogP contribution is 2.29. The molecule has 2 heterocycles. The smallest absolute Gasteiger partial charge is 0.232 e. The molecule has 0 N–H and O–H groups in total. The summed E-state index contributed by atoms with van der Waals surface area (Å²) in [7, 11) is 0. The summed E-state index contributed by atoms with van der Waals surface area (Å²) in [5, 5.41) is 9.61. The molecule has 24 heavy (non-hydrogen) atoms. The van der Waals surface area contributed by atoms with Crippen molar-refractivity contribution in [3.63, 3.8) is 0 Å². The van der Waals surface area contributed by atoms with Crippen molar-refractivity contribution in [3.8, 4) is 11.9 Å². The number of ether oxygens (including phenoxy) is 1. The van der Waals surface area contributed by atoms with E-state index in [-0.39, 0.29) is 12.0 Å². The molecule has 6 heteroatoms. The highest BCUT2D eigenvalue weighted by atomic mass is 32.2. The SMILES string of the molecule is N#Cc1ccnc(O[C@@H]2CCCN(C(=O)CSC3CCCC3)C2)c1. The van der Waals surface area contributed by atoms with Crippen LogP contribution in [-0.2, 0) is 4.79 Å². The van der Waals surface area contributed by atoms with Gasteiger partial charge in [0, 0.05) is 24.1 Å². The number of aromatic nitrogens is 1. The third-order valence-electron chi connectivity index (χ3n) is 4.63. The summed E-state index contributed by atoms with van der Waals surface area (Å²) in [6.45, 7) is 1.43. The lowest BCUT2D eigenvalue weighted by atomic mass is 10.1. The molecule has 5 nitrogen and oxygen atoms in total. The summed E-state index contributed by atoms with van der Waals surface area (Å²) in [4.78, 5) is 18.5. The van der Waals surface area contributed by atoms with Crippen LogP contribution in [0.3, 0.4) is 0 Å². The molecule has 0 bridgehead atoms. The molecule has 0 aromatic carbocycles. The molecule has 1 amide bonds. The van der Waals surface area contributed by atoms with Gasteiger partial charge in [-0.05, 0) is 31.7 Å². The van der Waals surface area contributed by atoms with Crippen LogP contribution in [0.4, 0.5) is 0 Å². The van der Waals surface area contributed by atoms with E-state index < -0.39 is 0 Å². The molecule has 2 aliphatic rings. The maximum absolute atomic E-state index is 12.4. The van der Waals surface area contributed by atoms with Crippen molar-refractivity contribution >= 4 is 17.7 Å². The average Bonchev–Trinajstić information content (AvgIpc) is 3.13. The number of nitriles is 1. The lowest BCUT2D eigenvalue weighted by Crippen LogP contribution is -2.45. The van der Waals surface area contributed by atoms with Gasteiger partial charge in [-0.1, -0.05) is 12.8 Å². The Kier molecular flexibility index (Phi) is 5.97. The summed E-state index contributed by atoms with van der Waals surface area (Å²) in [5.74, 6) is 1.27. The summed E-state index contributed by atoms with van der Waals surface area (Å²) < 4.78 is 5.89. The molecule has 1 saturated carbocycles. The van der Waals surface area contributed by atoms with Crippen LogP contribution in [0.2, 0.25) is 0 Å². The first-order valence-corrected chi connectivity index (χ1v) is 9.71. The normalized spacial score (nSPS) is 21.5. The van der Waals surface area contributed by atoms with E-state index >= 15 is 0 Å². The Labute approximate surface area is 147 Å². The van der Waals surface area contributed by atoms with Gasteiger partial charge in [0.1, 0.15) is 6.10 Å². The highest BCUT2D eigenvalue weighted by molar-refractivity contribution is 8.00. The van der Waals surface area contributed by atoms with Crippen LogP contribution in [-0.4, -0.2) is 46.0 Å². The van der Waals surface area contributed by atoms with Crippen molar-refractivity contribution in [3.05, 3.63) is 23.9 Å². The van der Waals surface area contributed by atoms with Crippen LogP contribution in [0, 0.1) is 11.3 Å². The van der Waals surface area contributed by atoms with Gasteiger partial charge in [0.2, 0.25) is 11.8 Å². The molecule has 2 fully saturated rings. The van der Waals surface area contributed by atoms with Gasteiger partial charge in [0.15, 0.2) is 0 Å². The number of carbonyl (C=O) groups excluding carboxylic acids is 1. The molecule has 1 aromatic heterocycles. The second-order valence-electron chi connectivity index (χ2n) is 6.43. The standard InChI is InChI=1S/C18H23N3O2S/c19-11-14-7-8-20-17(10-14)23-15-4-3-9-21(12-15)18(22)13-24-16-5-1-2-6-16/h7-8,10,15-16H,1-6,9,12-13H2/t15-/m1/s1. The molecule has 1 atom stereocenters. The third-order valence-corrected chi connectivity index (χ3v) is 5.98. The fourth-order valence-corrected chi connectivity index (χ4v) is 4.54. The predicted octanol–water partition coefficient (Wildman–Crippen LogP) is 3.00. The molecule has 0 unspecified atom stereocenters. The van der Waals surface area contributed by atoms with E-state index in [4.69, 9.17) is 10.00 Å². The number of amides is 1. The molecule has 1 aromatic rings. The van der Waals surface area contributed by atoms with Gasteiger partial charge < -0.3 is 9.64 Å². The topological polar surface area (TPSA) is 66.2 Å². The van der Waals surface area contributed by atoms with Crippen LogP contribution in [0.5, 0.6) is 5.88 Å². The largest absolute Gasteiger partial charge is 0.472 e. The Morgan fingerprint density at radius 2 is 2.21 bits per heavy atom. The van der Waals surface area contributed by atoms with Gasteiger partial charge >= 0.3 is 0 Å². The van der Waals surface area contributed by atoms with Crippen molar-refractivity contribution in [1.82, 2.24) is 9.88 Å². The molecule has 1 saturated heterocycles. The van der Waals surface area contributed by atoms with Crippen molar-refractivity contribution < 1.29 is 9.53 Å². The zero-order valence-electron chi connectivity index (χ0n) is 13.8. The fourth-order valence-electron chi connectivity index (χ4n) is 3.31. The first kappa shape index (κ1) is 17.1. The predicted molar refractivity (Wildman–Crippen MR) is 93.9 cm³/mol. The number of piperidine rings is 1. The Morgan fingerprint density at radius 1 is 1.38 bits per heavy atom. The van der Waals surface area contributed by atoms with Crippen molar-refractivity contribution in [2.75, 3.05) is 18.8 Å². The van der Waals surface area contributed by atoms with E-state index in [9.17, 15) is 4.79 Å². The quantitative estimate of drug-likeness (QED) is 0.821. The molecule has 0 radical (unpaired) electrons. The zero-order valence-corrected chi connectivity index (χ0v) is 14.6. The average molecular weight is 345 g/mol. The Morgan fingerprint density at radius 3 is 3.00 bits per heavy atom. The molecule has 3 rings (SSSR count). The van der Waals surface area contributed by atoms with Crippen molar-refractivity contribution in [2.24, 2.45) is 0 Å².